The molecular weight excluding hydrogens is 364 g/mol. The van der Waals surface area contributed by atoms with E-state index in [0.29, 0.717) is 24.7 Å². The molecule has 2 aromatic carbocycles. The zero-order chi connectivity index (χ0) is 19.9. The lowest BCUT2D eigenvalue weighted by atomic mass is 10.1. The highest BCUT2D eigenvalue weighted by Crippen LogP contribution is 2.12. The Hall–Kier alpha value is -3.67. The van der Waals surface area contributed by atoms with Crippen molar-refractivity contribution in [2.45, 2.75) is 13.0 Å². The van der Waals surface area contributed by atoms with Crippen molar-refractivity contribution in [3.05, 3.63) is 96.2 Å². The summed E-state index contributed by atoms with van der Waals surface area (Å²) in [6.07, 6.45) is 2.60. The molecule has 0 radical (unpaired) electrons. The Morgan fingerprint density at radius 1 is 0.862 bits per heavy atom. The summed E-state index contributed by atoms with van der Waals surface area (Å²) in [5.74, 6) is -0.0857. The van der Waals surface area contributed by atoms with Crippen LogP contribution in [0.2, 0.25) is 0 Å². The molecule has 6 heteroatoms. The Balaban J connectivity index is 1.44. The number of fused-ring (bicyclic) bond motifs is 1. The fourth-order valence-corrected chi connectivity index (χ4v) is 3.14. The average Bonchev–Trinajstić information content (AvgIpc) is 3.19. The standard InChI is InChI=1S/C23H22N4O2/c28-22(18-29-23-25-24-21-13-7-8-15-27(21)23)26(17-20-11-5-2-6-12-20)16-14-19-9-3-1-4-10-19/h1-13,15H,14,16-18H2. The maximum absolute atomic E-state index is 12.9. The number of pyridine rings is 1. The first-order chi connectivity index (χ1) is 14.3. The topological polar surface area (TPSA) is 59.7 Å². The Kier molecular flexibility index (Phi) is 5.81. The number of benzene rings is 2. The third kappa shape index (κ3) is 4.79. The molecule has 0 atom stereocenters. The van der Waals surface area contributed by atoms with Crippen LogP contribution in [-0.2, 0) is 17.8 Å². The van der Waals surface area contributed by atoms with Gasteiger partial charge < -0.3 is 9.64 Å². The number of hydrogen-bond acceptors (Lipinski definition) is 4. The first kappa shape index (κ1) is 18.7. The minimum absolute atomic E-state index is 0.0857. The molecule has 0 aliphatic rings. The first-order valence-corrected chi connectivity index (χ1v) is 9.58. The molecule has 2 heterocycles. The molecule has 0 aliphatic carbocycles. The van der Waals surface area contributed by atoms with Crippen LogP contribution in [0.1, 0.15) is 11.1 Å². The van der Waals surface area contributed by atoms with E-state index in [2.05, 4.69) is 22.3 Å². The number of carbonyl (C=O) groups excluding carboxylic acids is 1. The monoisotopic (exact) mass is 386 g/mol. The molecule has 2 aromatic heterocycles. The molecule has 4 rings (SSSR count). The molecular formula is C23H22N4O2. The lowest BCUT2D eigenvalue weighted by Gasteiger charge is -2.23. The molecule has 0 saturated carbocycles. The number of ether oxygens (including phenoxy) is 1. The summed E-state index contributed by atoms with van der Waals surface area (Å²) < 4.78 is 7.41. The Morgan fingerprint density at radius 2 is 1.55 bits per heavy atom. The van der Waals surface area contributed by atoms with Crippen molar-refractivity contribution in [2.24, 2.45) is 0 Å². The van der Waals surface area contributed by atoms with Crippen LogP contribution in [0.4, 0.5) is 0 Å². The number of nitrogens with zero attached hydrogens (tertiary/aromatic N) is 4. The maximum Gasteiger partial charge on any atom is 0.322 e. The smallest absolute Gasteiger partial charge is 0.322 e. The van der Waals surface area contributed by atoms with Crippen LogP contribution in [-0.4, -0.2) is 38.6 Å². The number of rotatable bonds is 8. The van der Waals surface area contributed by atoms with Crippen molar-refractivity contribution in [3.8, 4) is 6.01 Å². The Labute approximate surface area is 169 Å². The highest BCUT2D eigenvalue weighted by atomic mass is 16.5. The SMILES string of the molecule is O=C(COc1nnc2ccccn12)N(CCc1ccccc1)Cc1ccccc1. The van der Waals surface area contributed by atoms with E-state index in [1.54, 1.807) is 4.40 Å². The summed E-state index contributed by atoms with van der Waals surface area (Å²) in [5, 5.41) is 8.07. The molecule has 1 amide bonds. The molecule has 0 bridgehead atoms. The third-order valence-electron chi connectivity index (χ3n) is 4.69. The van der Waals surface area contributed by atoms with Crippen molar-refractivity contribution in [3.63, 3.8) is 0 Å². The second kappa shape index (κ2) is 9.01. The summed E-state index contributed by atoms with van der Waals surface area (Å²) in [6, 6.07) is 26.0. The van der Waals surface area contributed by atoms with Gasteiger partial charge in [-0.2, -0.15) is 0 Å². The third-order valence-corrected chi connectivity index (χ3v) is 4.69. The molecule has 0 saturated heterocycles. The van der Waals surface area contributed by atoms with Crippen LogP contribution in [0.5, 0.6) is 6.01 Å². The largest absolute Gasteiger partial charge is 0.453 e. The normalized spacial score (nSPS) is 10.8. The summed E-state index contributed by atoms with van der Waals surface area (Å²) in [7, 11) is 0. The molecule has 6 nitrogen and oxygen atoms in total. The minimum Gasteiger partial charge on any atom is -0.453 e. The fourth-order valence-electron chi connectivity index (χ4n) is 3.14. The van der Waals surface area contributed by atoms with Gasteiger partial charge in [-0.1, -0.05) is 71.8 Å². The van der Waals surface area contributed by atoms with Gasteiger partial charge in [-0.25, -0.2) is 0 Å². The zero-order valence-electron chi connectivity index (χ0n) is 16.0. The summed E-state index contributed by atoms with van der Waals surface area (Å²) in [5.41, 5.74) is 2.96. The first-order valence-electron chi connectivity index (χ1n) is 9.58. The highest BCUT2D eigenvalue weighted by Gasteiger charge is 2.16. The van der Waals surface area contributed by atoms with Crippen LogP contribution in [0.25, 0.3) is 5.65 Å². The Bertz CT molecular complexity index is 1060. The summed E-state index contributed by atoms with van der Waals surface area (Å²) in [6.45, 7) is 1.06. The van der Waals surface area contributed by atoms with E-state index in [4.69, 9.17) is 4.74 Å². The van der Waals surface area contributed by atoms with Crippen molar-refractivity contribution in [1.29, 1.82) is 0 Å². The van der Waals surface area contributed by atoms with Crippen LogP contribution in [0, 0.1) is 0 Å². The van der Waals surface area contributed by atoms with Gasteiger partial charge in [0.1, 0.15) is 0 Å². The zero-order valence-corrected chi connectivity index (χ0v) is 16.0. The number of amides is 1. The molecule has 29 heavy (non-hydrogen) atoms. The quantitative estimate of drug-likeness (QED) is 0.466. The van der Waals surface area contributed by atoms with Gasteiger partial charge in [-0.05, 0) is 29.7 Å². The van der Waals surface area contributed by atoms with Crippen LogP contribution >= 0.6 is 0 Å². The van der Waals surface area contributed by atoms with Crippen molar-refractivity contribution >= 4 is 11.6 Å². The predicted octanol–water partition coefficient (Wildman–Crippen LogP) is 3.38. The molecule has 0 fully saturated rings. The lowest BCUT2D eigenvalue weighted by molar-refractivity contribution is -0.134. The summed E-state index contributed by atoms with van der Waals surface area (Å²) >= 11 is 0. The van der Waals surface area contributed by atoms with E-state index in [-0.39, 0.29) is 12.5 Å². The van der Waals surface area contributed by atoms with Gasteiger partial charge in [0.15, 0.2) is 12.3 Å². The number of carbonyl (C=O) groups is 1. The van der Waals surface area contributed by atoms with E-state index in [1.165, 1.54) is 5.56 Å². The van der Waals surface area contributed by atoms with Gasteiger partial charge in [-0.15, -0.1) is 5.10 Å². The lowest BCUT2D eigenvalue weighted by Crippen LogP contribution is -2.36. The van der Waals surface area contributed by atoms with E-state index in [0.717, 1.165) is 12.0 Å². The van der Waals surface area contributed by atoms with Crippen molar-refractivity contribution in [1.82, 2.24) is 19.5 Å². The van der Waals surface area contributed by atoms with E-state index >= 15 is 0 Å². The van der Waals surface area contributed by atoms with Gasteiger partial charge in [0.2, 0.25) is 0 Å². The van der Waals surface area contributed by atoms with Gasteiger partial charge in [-0.3, -0.25) is 9.20 Å². The van der Waals surface area contributed by atoms with Crippen molar-refractivity contribution in [2.75, 3.05) is 13.2 Å². The average molecular weight is 386 g/mol. The predicted molar refractivity (Wildman–Crippen MR) is 110 cm³/mol. The number of hydrogen-bond donors (Lipinski definition) is 0. The van der Waals surface area contributed by atoms with Gasteiger partial charge in [0, 0.05) is 19.3 Å². The fraction of sp³-hybridized carbons (Fsp3) is 0.174. The van der Waals surface area contributed by atoms with Crippen molar-refractivity contribution < 1.29 is 9.53 Å². The van der Waals surface area contributed by atoms with Crippen LogP contribution < -0.4 is 4.74 Å². The molecule has 4 aromatic rings. The highest BCUT2D eigenvalue weighted by molar-refractivity contribution is 5.77. The van der Waals surface area contributed by atoms with E-state index in [9.17, 15) is 4.79 Å². The molecule has 0 aliphatic heterocycles. The molecule has 0 unspecified atom stereocenters. The van der Waals surface area contributed by atoms with Crippen LogP contribution in [0.3, 0.4) is 0 Å². The van der Waals surface area contributed by atoms with E-state index < -0.39 is 0 Å². The minimum atomic E-state index is -0.0860. The van der Waals surface area contributed by atoms with Gasteiger partial charge in [0.05, 0.1) is 0 Å². The molecule has 146 valence electrons. The van der Waals surface area contributed by atoms with E-state index in [1.807, 2.05) is 77.8 Å². The van der Waals surface area contributed by atoms with Crippen LogP contribution in [0.15, 0.2) is 85.1 Å². The second-order valence-corrected chi connectivity index (χ2v) is 6.74. The maximum atomic E-state index is 12.9. The Morgan fingerprint density at radius 3 is 2.31 bits per heavy atom. The molecule has 0 N–H and O–H groups in total. The summed E-state index contributed by atoms with van der Waals surface area (Å²) in [4.78, 5) is 14.8. The molecule has 0 spiro atoms. The second-order valence-electron chi connectivity index (χ2n) is 6.74. The van der Waals surface area contributed by atoms with Gasteiger partial charge in [0.25, 0.3) is 5.91 Å². The van der Waals surface area contributed by atoms with Gasteiger partial charge >= 0.3 is 6.01 Å². The number of aromatic nitrogens is 3.